The molecule has 0 aliphatic rings. The van der Waals surface area contributed by atoms with E-state index in [0.29, 0.717) is 11.5 Å². The normalized spacial score (nSPS) is 10.2. The summed E-state index contributed by atoms with van der Waals surface area (Å²) < 4.78 is 5.71. The molecule has 0 aliphatic carbocycles. The number of benzene rings is 2. The van der Waals surface area contributed by atoms with E-state index in [0.717, 1.165) is 11.3 Å². The van der Waals surface area contributed by atoms with Crippen LogP contribution in [-0.2, 0) is 0 Å². The summed E-state index contributed by atoms with van der Waals surface area (Å²) in [6, 6.07) is 12.6. The maximum absolute atomic E-state index is 11.3. The Bertz CT molecular complexity index is 635. The lowest BCUT2D eigenvalue weighted by Crippen LogP contribution is -2.08. The standard InChI is InChI=1S/C16H17NO3/c1-11-7-8-15(14(9-11)16(18)19)20-13-6-4-5-12(10-13)17(2)3/h4-10H,1-3H3,(H,18,19). The van der Waals surface area contributed by atoms with Crippen molar-refractivity contribution in [3.8, 4) is 11.5 Å². The molecule has 2 rings (SSSR count). The van der Waals surface area contributed by atoms with Crippen LogP contribution in [0.3, 0.4) is 0 Å². The zero-order valence-electron chi connectivity index (χ0n) is 11.8. The number of aromatic carboxylic acids is 1. The van der Waals surface area contributed by atoms with Crippen molar-refractivity contribution in [2.75, 3.05) is 19.0 Å². The third-order valence-electron chi connectivity index (χ3n) is 2.93. The molecule has 0 atom stereocenters. The predicted octanol–water partition coefficient (Wildman–Crippen LogP) is 3.55. The van der Waals surface area contributed by atoms with E-state index in [1.807, 2.05) is 50.2 Å². The van der Waals surface area contributed by atoms with Crippen molar-refractivity contribution in [1.82, 2.24) is 0 Å². The van der Waals surface area contributed by atoms with Crippen LogP contribution in [0.15, 0.2) is 42.5 Å². The van der Waals surface area contributed by atoms with Crippen LogP contribution in [-0.4, -0.2) is 25.2 Å². The molecule has 0 unspecified atom stereocenters. The van der Waals surface area contributed by atoms with Crippen molar-refractivity contribution < 1.29 is 14.6 Å². The Balaban J connectivity index is 2.35. The minimum atomic E-state index is -0.993. The van der Waals surface area contributed by atoms with Gasteiger partial charge in [-0.3, -0.25) is 0 Å². The average molecular weight is 271 g/mol. The molecule has 0 amide bonds. The van der Waals surface area contributed by atoms with Crippen molar-refractivity contribution in [3.05, 3.63) is 53.6 Å². The maximum atomic E-state index is 11.3. The molecule has 1 N–H and O–H groups in total. The molecule has 0 aliphatic heterocycles. The lowest BCUT2D eigenvalue weighted by molar-refractivity contribution is 0.0694. The SMILES string of the molecule is Cc1ccc(Oc2cccc(N(C)C)c2)c(C(=O)O)c1. The van der Waals surface area contributed by atoms with Gasteiger partial charge in [0.2, 0.25) is 0 Å². The summed E-state index contributed by atoms with van der Waals surface area (Å²) in [4.78, 5) is 13.2. The van der Waals surface area contributed by atoms with Gasteiger partial charge in [0.15, 0.2) is 0 Å². The second-order valence-corrected chi connectivity index (χ2v) is 4.80. The summed E-state index contributed by atoms with van der Waals surface area (Å²) in [5.74, 6) is -0.0333. The van der Waals surface area contributed by atoms with Crippen LogP contribution in [0.2, 0.25) is 0 Å². The van der Waals surface area contributed by atoms with Crippen LogP contribution in [0.4, 0.5) is 5.69 Å². The molecular formula is C16H17NO3. The van der Waals surface area contributed by atoms with E-state index in [1.54, 1.807) is 18.2 Å². The van der Waals surface area contributed by atoms with Gasteiger partial charge >= 0.3 is 5.97 Å². The lowest BCUT2D eigenvalue weighted by Gasteiger charge is -2.14. The zero-order chi connectivity index (χ0) is 14.7. The van der Waals surface area contributed by atoms with Crippen molar-refractivity contribution in [1.29, 1.82) is 0 Å². The van der Waals surface area contributed by atoms with E-state index in [1.165, 1.54) is 0 Å². The molecule has 0 aromatic heterocycles. The number of carboxylic acids is 1. The van der Waals surface area contributed by atoms with E-state index < -0.39 is 5.97 Å². The van der Waals surface area contributed by atoms with Gasteiger partial charge in [0, 0.05) is 25.8 Å². The van der Waals surface area contributed by atoms with Gasteiger partial charge in [0.25, 0.3) is 0 Å². The number of ether oxygens (including phenoxy) is 1. The highest BCUT2D eigenvalue weighted by molar-refractivity contribution is 5.91. The van der Waals surface area contributed by atoms with Crippen LogP contribution in [0.25, 0.3) is 0 Å². The highest BCUT2D eigenvalue weighted by Gasteiger charge is 2.12. The van der Waals surface area contributed by atoms with Crippen LogP contribution >= 0.6 is 0 Å². The van der Waals surface area contributed by atoms with Gasteiger partial charge in [-0.05, 0) is 31.2 Å². The summed E-state index contributed by atoms with van der Waals surface area (Å²) in [5.41, 5.74) is 2.04. The Labute approximate surface area is 118 Å². The smallest absolute Gasteiger partial charge is 0.339 e. The first-order valence-corrected chi connectivity index (χ1v) is 6.26. The van der Waals surface area contributed by atoms with Crippen LogP contribution in [0.1, 0.15) is 15.9 Å². The highest BCUT2D eigenvalue weighted by atomic mass is 16.5. The van der Waals surface area contributed by atoms with Crippen LogP contribution in [0.5, 0.6) is 11.5 Å². The molecule has 4 heteroatoms. The Hall–Kier alpha value is -2.49. The molecule has 0 saturated heterocycles. The van der Waals surface area contributed by atoms with E-state index in [-0.39, 0.29) is 5.56 Å². The fraction of sp³-hybridized carbons (Fsp3) is 0.188. The monoisotopic (exact) mass is 271 g/mol. The molecule has 2 aromatic carbocycles. The van der Waals surface area contributed by atoms with Crippen LogP contribution < -0.4 is 9.64 Å². The van der Waals surface area contributed by atoms with Gasteiger partial charge in [-0.25, -0.2) is 4.79 Å². The third kappa shape index (κ3) is 3.09. The first-order valence-electron chi connectivity index (χ1n) is 6.26. The number of carbonyl (C=O) groups is 1. The average Bonchev–Trinajstić information content (AvgIpc) is 2.41. The number of nitrogens with zero attached hydrogens (tertiary/aromatic N) is 1. The molecule has 0 saturated carbocycles. The Morgan fingerprint density at radius 1 is 1.15 bits per heavy atom. The van der Waals surface area contributed by atoms with Gasteiger partial charge in [0.1, 0.15) is 17.1 Å². The topological polar surface area (TPSA) is 49.8 Å². The van der Waals surface area contributed by atoms with Gasteiger partial charge < -0.3 is 14.7 Å². The summed E-state index contributed by atoms with van der Waals surface area (Å²) in [6.07, 6.45) is 0. The summed E-state index contributed by atoms with van der Waals surface area (Å²) in [7, 11) is 3.88. The molecule has 4 nitrogen and oxygen atoms in total. The van der Waals surface area contributed by atoms with Gasteiger partial charge in [-0.2, -0.15) is 0 Å². The minimum absolute atomic E-state index is 0.167. The molecule has 0 fully saturated rings. The van der Waals surface area contributed by atoms with Crippen molar-refractivity contribution in [3.63, 3.8) is 0 Å². The second kappa shape index (κ2) is 5.65. The molecule has 0 heterocycles. The van der Waals surface area contributed by atoms with Crippen molar-refractivity contribution in [2.45, 2.75) is 6.92 Å². The highest BCUT2D eigenvalue weighted by Crippen LogP contribution is 2.28. The van der Waals surface area contributed by atoms with E-state index in [4.69, 9.17) is 4.74 Å². The predicted molar refractivity (Wildman–Crippen MR) is 79.0 cm³/mol. The van der Waals surface area contributed by atoms with E-state index >= 15 is 0 Å². The molecule has 2 aromatic rings. The van der Waals surface area contributed by atoms with Gasteiger partial charge in [-0.1, -0.05) is 17.7 Å². The minimum Gasteiger partial charge on any atom is -0.478 e. The summed E-state index contributed by atoms with van der Waals surface area (Å²) in [6.45, 7) is 1.85. The Kier molecular flexibility index (Phi) is 3.94. The first kappa shape index (κ1) is 13.9. The molecular weight excluding hydrogens is 254 g/mol. The van der Waals surface area contributed by atoms with Crippen LogP contribution in [0, 0.1) is 6.92 Å². The fourth-order valence-corrected chi connectivity index (χ4v) is 1.85. The summed E-state index contributed by atoms with van der Waals surface area (Å²) >= 11 is 0. The molecule has 0 radical (unpaired) electrons. The van der Waals surface area contributed by atoms with E-state index in [2.05, 4.69) is 0 Å². The summed E-state index contributed by atoms with van der Waals surface area (Å²) in [5, 5.41) is 9.22. The van der Waals surface area contributed by atoms with Crippen molar-refractivity contribution in [2.24, 2.45) is 0 Å². The number of rotatable bonds is 4. The molecule has 0 spiro atoms. The molecule has 104 valence electrons. The lowest BCUT2D eigenvalue weighted by atomic mass is 10.1. The second-order valence-electron chi connectivity index (χ2n) is 4.80. The number of aryl methyl sites for hydroxylation is 1. The quantitative estimate of drug-likeness (QED) is 0.923. The Morgan fingerprint density at radius 2 is 1.90 bits per heavy atom. The number of hydrogen-bond donors (Lipinski definition) is 1. The van der Waals surface area contributed by atoms with Gasteiger partial charge in [0.05, 0.1) is 0 Å². The molecule has 20 heavy (non-hydrogen) atoms. The first-order chi connectivity index (χ1) is 9.47. The number of hydrogen-bond acceptors (Lipinski definition) is 3. The van der Waals surface area contributed by atoms with Crippen molar-refractivity contribution >= 4 is 11.7 Å². The number of anilines is 1. The fourth-order valence-electron chi connectivity index (χ4n) is 1.85. The third-order valence-corrected chi connectivity index (χ3v) is 2.93. The van der Waals surface area contributed by atoms with E-state index in [9.17, 15) is 9.90 Å². The molecule has 0 bridgehead atoms. The zero-order valence-corrected chi connectivity index (χ0v) is 11.8. The largest absolute Gasteiger partial charge is 0.478 e. The Morgan fingerprint density at radius 3 is 2.55 bits per heavy atom. The van der Waals surface area contributed by atoms with Gasteiger partial charge in [-0.15, -0.1) is 0 Å². The maximum Gasteiger partial charge on any atom is 0.339 e. The number of carboxylic acid groups (broad SMARTS) is 1.